The van der Waals surface area contributed by atoms with Crippen LogP contribution in [-0.4, -0.2) is 56.8 Å². The topological polar surface area (TPSA) is 60.0 Å². The summed E-state index contributed by atoms with van der Waals surface area (Å²) in [6, 6.07) is 3.77. The number of amides is 1. The average Bonchev–Trinajstić information content (AvgIpc) is 2.53. The van der Waals surface area contributed by atoms with Crippen molar-refractivity contribution in [2.24, 2.45) is 0 Å². The molecule has 1 saturated heterocycles. The molecule has 3 rings (SSSR count). The van der Waals surface area contributed by atoms with Gasteiger partial charge in [-0.1, -0.05) is 0 Å². The highest BCUT2D eigenvalue weighted by Gasteiger charge is 2.25. The monoisotopic (exact) mass is 292 g/mol. The van der Waals surface area contributed by atoms with Gasteiger partial charge in [-0.05, 0) is 19.1 Å². The molecule has 2 aliphatic rings. The Balaban J connectivity index is 1.89. The number of nitrogens with zero attached hydrogens (tertiary/aromatic N) is 1. The highest BCUT2D eigenvalue weighted by Crippen LogP contribution is 2.40. The number of hydrogen-bond acceptors (Lipinski definition) is 5. The quantitative estimate of drug-likeness (QED) is 0.877. The van der Waals surface area contributed by atoms with Crippen molar-refractivity contribution >= 4 is 5.91 Å². The molecule has 2 aliphatic heterocycles. The van der Waals surface area contributed by atoms with Gasteiger partial charge in [0.2, 0.25) is 5.75 Å². The molecule has 21 heavy (non-hydrogen) atoms. The minimum absolute atomic E-state index is 0.00127. The summed E-state index contributed by atoms with van der Waals surface area (Å²) in [7, 11) is 1.56. The van der Waals surface area contributed by atoms with Crippen LogP contribution in [-0.2, 0) is 0 Å². The summed E-state index contributed by atoms with van der Waals surface area (Å²) >= 11 is 0. The summed E-state index contributed by atoms with van der Waals surface area (Å²) in [5.41, 5.74) is 0.574. The molecule has 2 heterocycles. The van der Waals surface area contributed by atoms with Gasteiger partial charge in [-0.25, -0.2) is 0 Å². The Kier molecular flexibility index (Phi) is 3.88. The fourth-order valence-electron chi connectivity index (χ4n) is 2.70. The Morgan fingerprint density at radius 3 is 2.95 bits per heavy atom. The smallest absolute Gasteiger partial charge is 0.254 e. The van der Waals surface area contributed by atoms with Gasteiger partial charge in [0.05, 0.1) is 7.11 Å². The lowest BCUT2D eigenvalue weighted by Gasteiger charge is -2.32. The average molecular weight is 292 g/mol. The van der Waals surface area contributed by atoms with Crippen LogP contribution < -0.4 is 19.5 Å². The zero-order valence-corrected chi connectivity index (χ0v) is 12.3. The third-order valence-corrected chi connectivity index (χ3v) is 3.73. The van der Waals surface area contributed by atoms with Gasteiger partial charge in [0.25, 0.3) is 5.91 Å². The summed E-state index contributed by atoms with van der Waals surface area (Å²) in [4.78, 5) is 14.5. The summed E-state index contributed by atoms with van der Waals surface area (Å²) in [5, 5.41) is 3.33. The summed E-state index contributed by atoms with van der Waals surface area (Å²) in [5.74, 6) is 1.69. The van der Waals surface area contributed by atoms with Gasteiger partial charge in [-0.15, -0.1) is 0 Å². The van der Waals surface area contributed by atoms with Crippen molar-refractivity contribution in [3.63, 3.8) is 0 Å². The molecule has 1 N–H and O–H groups in total. The summed E-state index contributed by atoms with van der Waals surface area (Å²) in [6.45, 7) is 5.28. The molecule has 6 heteroatoms. The highest BCUT2D eigenvalue weighted by atomic mass is 16.6. The van der Waals surface area contributed by atoms with Crippen LogP contribution in [0.3, 0.4) is 0 Å². The fraction of sp³-hybridized carbons (Fsp3) is 0.533. The van der Waals surface area contributed by atoms with E-state index in [1.807, 2.05) is 4.90 Å². The molecule has 0 radical (unpaired) electrons. The second kappa shape index (κ2) is 5.81. The molecule has 1 aromatic rings. The first-order chi connectivity index (χ1) is 10.2. The van der Waals surface area contributed by atoms with Gasteiger partial charge < -0.3 is 24.4 Å². The number of carbonyl (C=O) groups excluding carboxylic acids is 1. The van der Waals surface area contributed by atoms with Gasteiger partial charge in [-0.3, -0.25) is 4.79 Å². The van der Waals surface area contributed by atoms with Crippen LogP contribution in [0.5, 0.6) is 17.2 Å². The van der Waals surface area contributed by atoms with Crippen molar-refractivity contribution < 1.29 is 19.0 Å². The number of nitrogens with one attached hydrogen (secondary N) is 1. The van der Waals surface area contributed by atoms with E-state index in [9.17, 15) is 4.79 Å². The van der Waals surface area contributed by atoms with Crippen LogP contribution in [0.15, 0.2) is 12.1 Å². The first kappa shape index (κ1) is 14.0. The third-order valence-electron chi connectivity index (χ3n) is 3.73. The molecule has 0 aliphatic carbocycles. The maximum Gasteiger partial charge on any atom is 0.254 e. The Labute approximate surface area is 124 Å². The zero-order valence-electron chi connectivity index (χ0n) is 12.3. The van der Waals surface area contributed by atoms with E-state index in [2.05, 4.69) is 12.2 Å². The SMILES string of the molecule is COc1cc(C(=O)N2CCNC(C)C2)cc2c1OCCO2. The van der Waals surface area contributed by atoms with Crippen LogP contribution in [0.4, 0.5) is 0 Å². The lowest BCUT2D eigenvalue weighted by molar-refractivity contribution is 0.0707. The van der Waals surface area contributed by atoms with Gasteiger partial charge in [0.15, 0.2) is 11.5 Å². The first-order valence-corrected chi connectivity index (χ1v) is 7.19. The van der Waals surface area contributed by atoms with Crippen molar-refractivity contribution in [2.75, 3.05) is 40.0 Å². The predicted molar refractivity (Wildman–Crippen MR) is 77.4 cm³/mol. The van der Waals surface area contributed by atoms with E-state index in [-0.39, 0.29) is 5.91 Å². The predicted octanol–water partition coefficient (Wildman–Crippen LogP) is 0.900. The number of fused-ring (bicyclic) bond motifs is 1. The van der Waals surface area contributed by atoms with E-state index in [0.29, 0.717) is 55.2 Å². The van der Waals surface area contributed by atoms with Crippen LogP contribution >= 0.6 is 0 Å². The van der Waals surface area contributed by atoms with Crippen molar-refractivity contribution in [3.8, 4) is 17.2 Å². The number of methoxy groups -OCH3 is 1. The maximum absolute atomic E-state index is 12.6. The van der Waals surface area contributed by atoms with Gasteiger partial charge in [-0.2, -0.15) is 0 Å². The molecule has 6 nitrogen and oxygen atoms in total. The minimum Gasteiger partial charge on any atom is -0.493 e. The first-order valence-electron chi connectivity index (χ1n) is 7.19. The van der Waals surface area contributed by atoms with Gasteiger partial charge in [0.1, 0.15) is 13.2 Å². The molecule has 114 valence electrons. The third kappa shape index (κ3) is 2.76. The number of benzene rings is 1. The maximum atomic E-state index is 12.6. The summed E-state index contributed by atoms with van der Waals surface area (Å²) in [6.07, 6.45) is 0. The van der Waals surface area contributed by atoms with Crippen molar-refractivity contribution in [2.45, 2.75) is 13.0 Å². The summed E-state index contributed by atoms with van der Waals surface area (Å²) < 4.78 is 16.5. The molecule has 0 saturated carbocycles. The molecular formula is C15H20N2O4. The van der Waals surface area contributed by atoms with E-state index < -0.39 is 0 Å². The number of piperazine rings is 1. The standard InChI is InChI=1S/C15H20N2O4/c1-10-9-17(4-3-16-10)15(18)11-7-12(19-2)14-13(8-11)20-5-6-21-14/h7-8,10,16H,3-6,9H2,1-2H3. The molecule has 1 unspecified atom stereocenters. The molecule has 0 spiro atoms. The Bertz CT molecular complexity index is 529. The molecular weight excluding hydrogens is 272 g/mol. The lowest BCUT2D eigenvalue weighted by Crippen LogP contribution is -2.51. The van der Waals surface area contributed by atoms with E-state index in [1.54, 1.807) is 19.2 Å². The molecule has 1 aromatic carbocycles. The van der Waals surface area contributed by atoms with Crippen LogP contribution in [0.25, 0.3) is 0 Å². The molecule has 1 fully saturated rings. The zero-order chi connectivity index (χ0) is 14.8. The van der Waals surface area contributed by atoms with Gasteiger partial charge >= 0.3 is 0 Å². The molecule has 0 aromatic heterocycles. The Hall–Kier alpha value is -1.95. The molecule has 1 amide bonds. The van der Waals surface area contributed by atoms with Crippen LogP contribution in [0.1, 0.15) is 17.3 Å². The Morgan fingerprint density at radius 2 is 2.19 bits per heavy atom. The lowest BCUT2D eigenvalue weighted by atomic mass is 10.1. The second-order valence-corrected chi connectivity index (χ2v) is 5.31. The van der Waals surface area contributed by atoms with Crippen molar-refractivity contribution in [1.29, 1.82) is 0 Å². The molecule has 1 atom stereocenters. The minimum atomic E-state index is -0.00127. The van der Waals surface area contributed by atoms with E-state index in [0.717, 1.165) is 6.54 Å². The van der Waals surface area contributed by atoms with Crippen LogP contribution in [0.2, 0.25) is 0 Å². The Morgan fingerprint density at radius 1 is 1.38 bits per heavy atom. The van der Waals surface area contributed by atoms with E-state index in [1.165, 1.54) is 0 Å². The largest absolute Gasteiger partial charge is 0.493 e. The normalized spacial score (nSPS) is 21.0. The van der Waals surface area contributed by atoms with Crippen molar-refractivity contribution in [1.82, 2.24) is 10.2 Å². The van der Waals surface area contributed by atoms with Crippen molar-refractivity contribution in [3.05, 3.63) is 17.7 Å². The second-order valence-electron chi connectivity index (χ2n) is 5.31. The number of rotatable bonds is 2. The van der Waals surface area contributed by atoms with E-state index in [4.69, 9.17) is 14.2 Å². The fourth-order valence-corrected chi connectivity index (χ4v) is 2.70. The van der Waals surface area contributed by atoms with Crippen LogP contribution in [0, 0.1) is 0 Å². The van der Waals surface area contributed by atoms with Gasteiger partial charge in [0, 0.05) is 31.2 Å². The van der Waals surface area contributed by atoms with E-state index >= 15 is 0 Å². The highest BCUT2D eigenvalue weighted by molar-refractivity contribution is 5.95. The number of carbonyl (C=O) groups is 1. The number of ether oxygens (including phenoxy) is 3. The number of hydrogen-bond donors (Lipinski definition) is 1. The molecule has 0 bridgehead atoms.